The molecule has 54 valence electrons. The van der Waals surface area contributed by atoms with Crippen molar-refractivity contribution in [3.63, 3.8) is 0 Å². The highest BCUT2D eigenvalue weighted by Crippen LogP contribution is 2.23. The third-order valence-corrected chi connectivity index (χ3v) is 1.51. The second kappa shape index (κ2) is 2.90. The van der Waals surface area contributed by atoms with Crippen LogP contribution in [0.1, 0.15) is 5.56 Å². The molecule has 0 bridgehead atoms. The lowest BCUT2D eigenvalue weighted by atomic mass is 10.2. The summed E-state index contributed by atoms with van der Waals surface area (Å²) in [4.78, 5) is 4.47. The van der Waals surface area contributed by atoms with Gasteiger partial charge in [-0.15, -0.1) is 0 Å². The van der Waals surface area contributed by atoms with Crippen molar-refractivity contribution in [3.05, 3.63) is 28.8 Å². The number of nitrogens with two attached hydrogens (primary N) is 1. The minimum Gasteiger partial charge on any atom is -0.410 e. The van der Waals surface area contributed by atoms with Gasteiger partial charge < -0.3 is 4.84 Å². The first kappa shape index (κ1) is 7.38. The Morgan fingerprint density at radius 3 is 2.70 bits per heavy atom. The van der Waals surface area contributed by atoms with Crippen molar-refractivity contribution in [1.29, 1.82) is 0 Å². The van der Waals surface area contributed by atoms with Gasteiger partial charge >= 0.3 is 0 Å². The Balaban J connectivity index is 3.07. The summed E-state index contributed by atoms with van der Waals surface area (Å²) in [6.07, 6.45) is 0. The second-order valence-electron chi connectivity index (χ2n) is 2.05. The van der Waals surface area contributed by atoms with Crippen molar-refractivity contribution in [1.82, 2.24) is 0 Å². The van der Waals surface area contributed by atoms with Crippen LogP contribution in [-0.4, -0.2) is 0 Å². The standard InChI is InChI=1S/C7H8ClNO/c1-5-2-3-7(10-9)6(8)4-5/h2-4H,9H2,1H3. The SMILES string of the molecule is Cc1ccc(ON)c(Cl)c1. The van der Waals surface area contributed by atoms with Gasteiger partial charge in [-0.3, -0.25) is 0 Å². The molecule has 10 heavy (non-hydrogen) atoms. The molecule has 2 N–H and O–H groups in total. The number of rotatable bonds is 1. The largest absolute Gasteiger partial charge is 0.410 e. The summed E-state index contributed by atoms with van der Waals surface area (Å²) < 4.78 is 0. The maximum Gasteiger partial charge on any atom is 0.165 e. The number of benzene rings is 1. The van der Waals surface area contributed by atoms with E-state index in [-0.39, 0.29) is 0 Å². The van der Waals surface area contributed by atoms with Crippen molar-refractivity contribution in [2.24, 2.45) is 5.90 Å². The minimum absolute atomic E-state index is 0.507. The van der Waals surface area contributed by atoms with Gasteiger partial charge in [0.15, 0.2) is 5.75 Å². The zero-order valence-corrected chi connectivity index (χ0v) is 6.35. The first-order valence-electron chi connectivity index (χ1n) is 2.87. The van der Waals surface area contributed by atoms with Crippen LogP contribution in [-0.2, 0) is 0 Å². The summed E-state index contributed by atoms with van der Waals surface area (Å²) in [6.45, 7) is 1.95. The molecule has 0 fully saturated rings. The molecule has 2 nitrogen and oxygen atoms in total. The lowest BCUT2D eigenvalue weighted by Crippen LogP contribution is -2.01. The number of aryl methyl sites for hydroxylation is 1. The quantitative estimate of drug-likeness (QED) is 0.632. The maximum absolute atomic E-state index is 5.72. The van der Waals surface area contributed by atoms with Gasteiger partial charge in [0.1, 0.15) is 0 Å². The molecule has 0 radical (unpaired) electrons. The van der Waals surface area contributed by atoms with E-state index >= 15 is 0 Å². The fourth-order valence-electron chi connectivity index (χ4n) is 0.701. The molecular formula is C7H8ClNO. The monoisotopic (exact) mass is 157 g/mol. The highest BCUT2D eigenvalue weighted by Gasteiger charge is 1.97. The van der Waals surface area contributed by atoms with Crippen LogP contribution >= 0.6 is 11.6 Å². The molecule has 0 unspecified atom stereocenters. The second-order valence-corrected chi connectivity index (χ2v) is 2.46. The molecule has 0 spiro atoms. The van der Waals surface area contributed by atoms with Gasteiger partial charge in [-0.25, -0.2) is 0 Å². The number of hydrogen-bond donors (Lipinski definition) is 1. The van der Waals surface area contributed by atoms with Gasteiger partial charge in [0.05, 0.1) is 5.02 Å². The number of hydrogen-bond acceptors (Lipinski definition) is 2. The highest BCUT2D eigenvalue weighted by molar-refractivity contribution is 6.32. The Bertz CT molecular complexity index is 237. The van der Waals surface area contributed by atoms with Crippen LogP contribution in [0.4, 0.5) is 0 Å². The van der Waals surface area contributed by atoms with E-state index in [4.69, 9.17) is 17.5 Å². The van der Waals surface area contributed by atoms with E-state index in [1.165, 1.54) is 0 Å². The molecule has 3 heteroatoms. The molecule has 0 aliphatic heterocycles. The summed E-state index contributed by atoms with van der Waals surface area (Å²) in [5.41, 5.74) is 1.09. The summed E-state index contributed by atoms with van der Waals surface area (Å²) >= 11 is 5.72. The van der Waals surface area contributed by atoms with E-state index in [2.05, 4.69) is 4.84 Å². The maximum atomic E-state index is 5.72. The van der Waals surface area contributed by atoms with E-state index in [1.807, 2.05) is 13.0 Å². The van der Waals surface area contributed by atoms with Gasteiger partial charge in [-0.2, -0.15) is 5.90 Å². The first-order chi connectivity index (χ1) is 4.74. The average Bonchev–Trinajstić information content (AvgIpc) is 1.88. The normalized spacial score (nSPS) is 9.50. The molecule has 0 amide bonds. The fraction of sp³-hybridized carbons (Fsp3) is 0.143. The fourth-order valence-corrected chi connectivity index (χ4v) is 0.981. The minimum atomic E-state index is 0.507. The van der Waals surface area contributed by atoms with Gasteiger partial charge in [0.25, 0.3) is 0 Å². The highest BCUT2D eigenvalue weighted by atomic mass is 35.5. The number of halogens is 1. The van der Waals surface area contributed by atoms with Crippen LogP contribution < -0.4 is 10.7 Å². The van der Waals surface area contributed by atoms with Crippen molar-refractivity contribution in [2.75, 3.05) is 0 Å². The van der Waals surface area contributed by atoms with Crippen LogP contribution in [0.5, 0.6) is 5.75 Å². The third kappa shape index (κ3) is 1.40. The van der Waals surface area contributed by atoms with E-state index < -0.39 is 0 Å². The summed E-state index contributed by atoms with van der Waals surface area (Å²) in [5, 5.41) is 0.544. The lowest BCUT2D eigenvalue weighted by molar-refractivity contribution is 0.334. The molecule has 0 saturated carbocycles. The van der Waals surface area contributed by atoms with Gasteiger partial charge in [0.2, 0.25) is 0 Å². The van der Waals surface area contributed by atoms with E-state index in [0.29, 0.717) is 10.8 Å². The molecule has 1 aromatic rings. The van der Waals surface area contributed by atoms with Crippen LogP contribution in [0, 0.1) is 6.92 Å². The molecule has 1 rings (SSSR count). The Hall–Kier alpha value is -0.730. The molecule has 0 atom stereocenters. The molecule has 0 aromatic heterocycles. The molecule has 0 saturated heterocycles. The van der Waals surface area contributed by atoms with Crippen molar-refractivity contribution in [2.45, 2.75) is 6.92 Å². The van der Waals surface area contributed by atoms with Gasteiger partial charge in [-0.1, -0.05) is 17.7 Å². The van der Waals surface area contributed by atoms with Crippen molar-refractivity contribution < 1.29 is 4.84 Å². The molecule has 1 aromatic carbocycles. The van der Waals surface area contributed by atoms with Crippen LogP contribution in [0.2, 0.25) is 5.02 Å². The van der Waals surface area contributed by atoms with E-state index in [0.717, 1.165) is 5.56 Å². The average molecular weight is 158 g/mol. The Morgan fingerprint density at radius 2 is 2.20 bits per heavy atom. The summed E-state index contributed by atoms with van der Waals surface area (Å²) in [5.74, 6) is 5.42. The van der Waals surface area contributed by atoms with E-state index in [1.54, 1.807) is 12.1 Å². The summed E-state index contributed by atoms with van der Waals surface area (Å²) in [7, 11) is 0. The van der Waals surface area contributed by atoms with Crippen molar-refractivity contribution in [3.8, 4) is 5.75 Å². The molecule has 0 heterocycles. The predicted octanol–water partition coefficient (Wildman–Crippen LogP) is 1.90. The Kier molecular flexibility index (Phi) is 2.14. The van der Waals surface area contributed by atoms with Crippen molar-refractivity contribution >= 4 is 11.6 Å². The molecule has 0 aliphatic carbocycles. The predicted molar refractivity (Wildman–Crippen MR) is 41.0 cm³/mol. The zero-order chi connectivity index (χ0) is 7.56. The van der Waals surface area contributed by atoms with E-state index in [9.17, 15) is 0 Å². The lowest BCUT2D eigenvalue weighted by Gasteiger charge is -2.00. The zero-order valence-electron chi connectivity index (χ0n) is 5.60. The van der Waals surface area contributed by atoms with Gasteiger partial charge in [-0.05, 0) is 24.6 Å². The Morgan fingerprint density at radius 1 is 1.50 bits per heavy atom. The van der Waals surface area contributed by atoms with Crippen LogP contribution in [0.25, 0.3) is 0 Å². The van der Waals surface area contributed by atoms with Gasteiger partial charge in [0, 0.05) is 0 Å². The van der Waals surface area contributed by atoms with Crippen LogP contribution in [0.3, 0.4) is 0 Å². The summed E-state index contributed by atoms with van der Waals surface area (Å²) in [6, 6.07) is 5.41. The van der Waals surface area contributed by atoms with Crippen LogP contribution in [0.15, 0.2) is 18.2 Å². The molecular weight excluding hydrogens is 150 g/mol. The third-order valence-electron chi connectivity index (χ3n) is 1.21. The first-order valence-corrected chi connectivity index (χ1v) is 3.24. The Labute approximate surface area is 64.5 Å². The topological polar surface area (TPSA) is 35.2 Å². The molecule has 0 aliphatic rings. The smallest absolute Gasteiger partial charge is 0.165 e.